The molecule has 0 atom stereocenters. The maximum atomic E-state index is 11.6. The molecule has 2 rings (SSSR count). The summed E-state index contributed by atoms with van der Waals surface area (Å²) in [7, 11) is 0. The maximum absolute atomic E-state index is 11.6. The van der Waals surface area contributed by atoms with Crippen LogP contribution in [0.4, 0.5) is 0 Å². The van der Waals surface area contributed by atoms with Crippen LogP contribution < -0.4 is 0 Å². The summed E-state index contributed by atoms with van der Waals surface area (Å²) < 4.78 is 5.08. The molecule has 2 aromatic heterocycles. The van der Waals surface area contributed by atoms with E-state index in [9.17, 15) is 9.90 Å². The Morgan fingerprint density at radius 3 is 2.72 bits per heavy atom. The molecule has 0 radical (unpaired) electrons. The third-order valence-electron chi connectivity index (χ3n) is 3.02. The number of aromatic nitrogens is 6. The number of aliphatic carboxylic acids is 1. The molecule has 0 fully saturated rings. The fourth-order valence-electron chi connectivity index (χ4n) is 1.84. The summed E-state index contributed by atoms with van der Waals surface area (Å²) in [5.74, 6) is -0.561. The van der Waals surface area contributed by atoms with Crippen molar-refractivity contribution < 1.29 is 9.90 Å². The minimum atomic E-state index is -1.14. The van der Waals surface area contributed by atoms with Gasteiger partial charge in [0.2, 0.25) is 0 Å². The molecule has 0 spiro atoms. The zero-order chi connectivity index (χ0) is 13.2. The maximum Gasteiger partial charge on any atom is 0.331 e. The van der Waals surface area contributed by atoms with Crippen molar-refractivity contribution in [3.05, 3.63) is 6.20 Å². The summed E-state index contributed by atoms with van der Waals surface area (Å²) in [4.78, 5) is 12.2. The van der Waals surface area contributed by atoms with Crippen LogP contribution in [0.25, 0.3) is 10.7 Å². The average molecular weight is 268 g/mol. The predicted molar refractivity (Wildman–Crippen MR) is 62.9 cm³/mol. The first-order valence-corrected chi connectivity index (χ1v) is 6.23. The molecule has 0 aromatic carbocycles. The molecule has 9 heteroatoms. The monoisotopic (exact) mass is 268 g/mol. The Balaban J connectivity index is 2.57. The van der Waals surface area contributed by atoms with Gasteiger partial charge in [0.15, 0.2) is 11.4 Å². The lowest BCUT2D eigenvalue weighted by Gasteiger charge is -2.26. The van der Waals surface area contributed by atoms with E-state index >= 15 is 0 Å². The van der Waals surface area contributed by atoms with Crippen LogP contribution in [0.15, 0.2) is 6.20 Å². The van der Waals surface area contributed by atoms with Gasteiger partial charge in [-0.05, 0) is 34.8 Å². The number of rotatable bonds is 5. The van der Waals surface area contributed by atoms with Gasteiger partial charge in [-0.1, -0.05) is 18.3 Å². The van der Waals surface area contributed by atoms with Crippen LogP contribution in [0.2, 0.25) is 0 Å². The van der Waals surface area contributed by atoms with Gasteiger partial charge in [-0.15, -0.1) is 10.2 Å². The summed E-state index contributed by atoms with van der Waals surface area (Å²) in [6, 6.07) is 0. The van der Waals surface area contributed by atoms with E-state index in [0.29, 0.717) is 23.5 Å². The van der Waals surface area contributed by atoms with Crippen molar-refractivity contribution in [3.8, 4) is 10.7 Å². The van der Waals surface area contributed by atoms with Gasteiger partial charge in [-0.3, -0.25) is 0 Å². The summed E-state index contributed by atoms with van der Waals surface area (Å²) in [5, 5.41) is 24.5. The normalized spacial score (nSPS) is 11.7. The molecule has 96 valence electrons. The van der Waals surface area contributed by atoms with Gasteiger partial charge in [0, 0.05) is 0 Å². The van der Waals surface area contributed by atoms with Crippen LogP contribution in [-0.4, -0.2) is 40.9 Å². The average Bonchev–Trinajstić information content (AvgIpc) is 3.01. The fourth-order valence-corrected chi connectivity index (χ4v) is 2.32. The number of nitrogens with zero attached hydrogens (tertiary/aromatic N) is 6. The number of hydrogen-bond donors (Lipinski definition) is 1. The highest BCUT2D eigenvalue weighted by Gasteiger charge is 2.40. The quantitative estimate of drug-likeness (QED) is 0.854. The summed E-state index contributed by atoms with van der Waals surface area (Å²) in [6.07, 6.45) is 2.30. The second kappa shape index (κ2) is 4.77. The molecule has 8 nitrogen and oxygen atoms in total. The molecule has 1 N–H and O–H groups in total. The summed E-state index contributed by atoms with van der Waals surface area (Å²) in [5.41, 5.74) is -1.14. The Hall–Kier alpha value is -1.90. The van der Waals surface area contributed by atoms with Gasteiger partial charge in [0.25, 0.3) is 0 Å². The van der Waals surface area contributed by atoms with E-state index < -0.39 is 11.5 Å². The van der Waals surface area contributed by atoms with Crippen molar-refractivity contribution in [2.45, 2.75) is 32.2 Å². The van der Waals surface area contributed by atoms with Gasteiger partial charge in [-0.25, -0.2) is 9.48 Å². The predicted octanol–water partition coefficient (Wildman–Crippen LogP) is 0.791. The van der Waals surface area contributed by atoms with Gasteiger partial charge in [0.1, 0.15) is 4.88 Å². The highest BCUT2D eigenvalue weighted by Crippen LogP contribution is 2.30. The lowest BCUT2D eigenvalue weighted by atomic mass is 9.93. The van der Waals surface area contributed by atoms with Crippen LogP contribution in [0, 0.1) is 0 Å². The first kappa shape index (κ1) is 12.6. The van der Waals surface area contributed by atoms with Gasteiger partial charge < -0.3 is 5.11 Å². The zero-order valence-corrected chi connectivity index (χ0v) is 10.8. The molecule has 0 aliphatic heterocycles. The van der Waals surface area contributed by atoms with Crippen LogP contribution in [-0.2, 0) is 10.3 Å². The summed E-state index contributed by atoms with van der Waals surface area (Å²) in [6.45, 7) is 3.60. The molecular formula is C9H12N6O2S. The molecule has 0 aliphatic carbocycles. The van der Waals surface area contributed by atoms with Gasteiger partial charge >= 0.3 is 5.97 Å². The van der Waals surface area contributed by atoms with Crippen molar-refractivity contribution in [1.29, 1.82) is 0 Å². The second-order valence-electron chi connectivity index (χ2n) is 3.74. The minimum Gasteiger partial charge on any atom is -0.479 e. The molecule has 2 heterocycles. The van der Waals surface area contributed by atoms with Crippen LogP contribution >= 0.6 is 11.5 Å². The molecule has 2 aromatic rings. The molecule has 18 heavy (non-hydrogen) atoms. The molecule has 0 unspecified atom stereocenters. The van der Waals surface area contributed by atoms with Gasteiger partial charge in [-0.2, -0.15) is 0 Å². The van der Waals surface area contributed by atoms with E-state index in [1.807, 2.05) is 0 Å². The lowest BCUT2D eigenvalue weighted by molar-refractivity contribution is -0.148. The Morgan fingerprint density at radius 2 is 2.22 bits per heavy atom. The SMILES string of the molecule is CCC(CC)(C(=O)O)n1nnnc1-c1cnns1. The van der Waals surface area contributed by atoms with E-state index in [1.54, 1.807) is 13.8 Å². The van der Waals surface area contributed by atoms with Crippen LogP contribution in [0.5, 0.6) is 0 Å². The molecular weight excluding hydrogens is 256 g/mol. The number of tetrazole rings is 1. The van der Waals surface area contributed by atoms with E-state index in [2.05, 4.69) is 25.1 Å². The summed E-state index contributed by atoms with van der Waals surface area (Å²) >= 11 is 1.13. The first-order valence-electron chi connectivity index (χ1n) is 5.45. The fraction of sp³-hybridized carbons (Fsp3) is 0.556. The Morgan fingerprint density at radius 1 is 1.50 bits per heavy atom. The van der Waals surface area contributed by atoms with Gasteiger partial charge in [0.05, 0.1) is 6.20 Å². The first-order chi connectivity index (χ1) is 8.65. The van der Waals surface area contributed by atoms with Crippen molar-refractivity contribution in [3.63, 3.8) is 0 Å². The molecule has 0 saturated carbocycles. The minimum absolute atomic E-state index is 0.385. The number of carboxylic acids is 1. The number of carboxylic acid groups (broad SMARTS) is 1. The van der Waals surface area contributed by atoms with Crippen LogP contribution in [0.1, 0.15) is 26.7 Å². The van der Waals surface area contributed by atoms with Crippen molar-refractivity contribution in [1.82, 2.24) is 29.8 Å². The smallest absolute Gasteiger partial charge is 0.331 e. The van der Waals surface area contributed by atoms with E-state index in [4.69, 9.17) is 0 Å². The molecule has 0 bridgehead atoms. The number of hydrogen-bond acceptors (Lipinski definition) is 7. The van der Waals surface area contributed by atoms with Crippen LogP contribution in [0.3, 0.4) is 0 Å². The molecule has 0 saturated heterocycles. The van der Waals surface area contributed by atoms with Crippen molar-refractivity contribution in [2.75, 3.05) is 0 Å². The standard InChI is InChI=1S/C9H12N6O2S/c1-3-9(4-2,8(16)17)15-7(11-12-13-15)6-5-10-14-18-6/h5H,3-4H2,1-2H3,(H,16,17). The molecule has 0 aliphatic rings. The Labute approximate surface area is 107 Å². The van der Waals surface area contributed by atoms with E-state index in [1.165, 1.54) is 10.9 Å². The number of carbonyl (C=O) groups is 1. The van der Waals surface area contributed by atoms with Crippen molar-refractivity contribution in [2.24, 2.45) is 0 Å². The Kier molecular flexibility index (Phi) is 3.32. The third-order valence-corrected chi connectivity index (χ3v) is 3.69. The largest absolute Gasteiger partial charge is 0.479 e. The van der Waals surface area contributed by atoms with Crippen molar-refractivity contribution >= 4 is 17.5 Å². The second-order valence-corrected chi connectivity index (χ2v) is 4.53. The zero-order valence-electron chi connectivity index (χ0n) is 9.94. The topological polar surface area (TPSA) is 107 Å². The highest BCUT2D eigenvalue weighted by atomic mass is 32.1. The molecule has 0 amide bonds. The van der Waals surface area contributed by atoms with E-state index in [-0.39, 0.29) is 0 Å². The van der Waals surface area contributed by atoms with E-state index in [0.717, 1.165) is 11.5 Å². The highest BCUT2D eigenvalue weighted by molar-refractivity contribution is 7.09. The Bertz CT molecular complexity index is 533. The third kappa shape index (κ3) is 1.76. The lowest BCUT2D eigenvalue weighted by Crippen LogP contribution is -2.42.